The predicted octanol–water partition coefficient (Wildman–Crippen LogP) is -1.58. The summed E-state index contributed by atoms with van der Waals surface area (Å²) in [5.74, 6) is -5.82. The van der Waals surface area contributed by atoms with E-state index in [1.165, 1.54) is 43.7 Å². The Kier molecular flexibility index (Phi) is 13.4. The van der Waals surface area contributed by atoms with Crippen molar-refractivity contribution in [3.63, 3.8) is 0 Å². The average Bonchev–Trinajstić information content (AvgIpc) is 3.95. The second kappa shape index (κ2) is 18.5. The van der Waals surface area contributed by atoms with Crippen molar-refractivity contribution in [2.45, 2.75) is 75.3 Å². The van der Waals surface area contributed by atoms with Crippen molar-refractivity contribution in [3.8, 4) is 5.75 Å². The van der Waals surface area contributed by atoms with E-state index < -0.39 is 78.4 Å². The maximum atomic E-state index is 14.0. The number of aromatic nitrogens is 3. The summed E-state index contributed by atoms with van der Waals surface area (Å²) in [5, 5.41) is 45.1. The molecule has 2 aromatic carbocycles. The fourth-order valence-electron chi connectivity index (χ4n) is 6.10. The van der Waals surface area contributed by atoms with Gasteiger partial charge in [0, 0.05) is 54.7 Å². The number of aromatic hydroxyl groups is 1. The maximum Gasteiger partial charge on any atom is 0.325 e. The SMILES string of the molecule is C[C@@H](NC(=O)[C@H](Cc1ccc(O)cc1)NC(=O)[C@H](CO)NC(=O)[C@H](Cc1c[nH]c2ccccc12)NC(=O)[C@H](Cc1cnc[nH]1)NC(=O)[C@@H]1CCC(=O)N1)C(=O)O. The molecule has 3 heterocycles. The number of fused-ring (bicyclic) bond motifs is 1. The van der Waals surface area contributed by atoms with Crippen LogP contribution >= 0.6 is 0 Å². The number of carbonyl (C=O) groups excluding carboxylic acids is 6. The number of aliphatic carboxylic acids is 1. The molecule has 56 heavy (non-hydrogen) atoms. The van der Waals surface area contributed by atoms with E-state index in [0.29, 0.717) is 16.8 Å². The van der Waals surface area contributed by atoms with Gasteiger partial charge in [-0.15, -0.1) is 0 Å². The van der Waals surface area contributed by atoms with E-state index in [4.69, 9.17) is 0 Å². The van der Waals surface area contributed by atoms with Crippen molar-refractivity contribution in [2.24, 2.45) is 0 Å². The first kappa shape index (κ1) is 40.4. The molecule has 2 aromatic heterocycles. The molecular formula is C37H43N9O10. The number of carboxylic acid groups (broad SMARTS) is 1. The van der Waals surface area contributed by atoms with Crippen LogP contribution in [0, 0.1) is 0 Å². The zero-order valence-electron chi connectivity index (χ0n) is 30.2. The standard InChI is InChI=1S/C37H43N9O10/c1-19(37(55)56)41-33(51)27(12-20-6-8-23(48)9-7-20)43-36(54)30(17-47)46-34(52)28(13-21-15-39-25-5-3-2-4-24(21)25)44-35(53)29(14-22-16-38-18-40-22)45-32(50)26-10-11-31(49)42-26/h2-9,15-16,18-19,26-30,39,47-48H,10-14,17H2,1H3,(H,38,40)(H,41,51)(H,42,49)(H,43,54)(H,44,53)(H,45,50)(H,46,52)(H,55,56)/t19-,26+,27+,28+,29+,30+/m1/s1. The minimum absolute atomic E-state index is 0.0482. The molecule has 0 aliphatic carbocycles. The van der Waals surface area contributed by atoms with Gasteiger partial charge in [0.05, 0.1) is 12.9 Å². The van der Waals surface area contributed by atoms with Crippen molar-refractivity contribution >= 4 is 52.3 Å². The number of aliphatic hydroxyl groups is 1. The van der Waals surface area contributed by atoms with Gasteiger partial charge in [0.15, 0.2) is 0 Å². The van der Waals surface area contributed by atoms with Crippen LogP contribution in [-0.2, 0) is 52.8 Å². The van der Waals surface area contributed by atoms with Crippen LogP contribution in [0.5, 0.6) is 5.75 Å². The average molecular weight is 774 g/mol. The van der Waals surface area contributed by atoms with E-state index in [2.05, 4.69) is 46.9 Å². The number of aliphatic hydroxyl groups excluding tert-OH is 1. The number of phenolic OH excluding ortho intramolecular Hbond substituents is 1. The Balaban J connectivity index is 1.37. The number of nitrogens with zero attached hydrogens (tertiary/aromatic N) is 1. The molecule has 0 radical (unpaired) electrons. The predicted molar refractivity (Wildman–Crippen MR) is 197 cm³/mol. The normalized spacial score (nSPS) is 16.4. The third-order valence-electron chi connectivity index (χ3n) is 9.21. The number of imidazole rings is 1. The van der Waals surface area contributed by atoms with Crippen LogP contribution < -0.4 is 31.9 Å². The highest BCUT2D eigenvalue weighted by Crippen LogP contribution is 2.20. The Labute approximate surface area is 319 Å². The highest BCUT2D eigenvalue weighted by Gasteiger charge is 2.34. The number of H-pyrrole nitrogens is 2. The summed E-state index contributed by atoms with van der Waals surface area (Å²) in [6, 6.07) is 5.11. The molecule has 0 unspecified atom stereocenters. The Morgan fingerprint density at radius 2 is 1.43 bits per heavy atom. The fraction of sp³-hybridized carbons (Fsp3) is 0.351. The van der Waals surface area contributed by atoms with Gasteiger partial charge in [-0.1, -0.05) is 30.3 Å². The zero-order chi connectivity index (χ0) is 40.4. The maximum absolute atomic E-state index is 14.0. The van der Waals surface area contributed by atoms with Gasteiger partial charge < -0.3 is 57.2 Å². The van der Waals surface area contributed by atoms with E-state index in [9.17, 15) is 48.9 Å². The number of aromatic amines is 2. The van der Waals surface area contributed by atoms with Crippen molar-refractivity contribution < 1.29 is 48.9 Å². The Morgan fingerprint density at radius 3 is 2.05 bits per heavy atom. The second-order valence-electron chi connectivity index (χ2n) is 13.4. The van der Waals surface area contributed by atoms with Gasteiger partial charge in [-0.25, -0.2) is 4.98 Å². The number of phenols is 1. The molecule has 6 atom stereocenters. The van der Waals surface area contributed by atoms with E-state index >= 15 is 0 Å². The monoisotopic (exact) mass is 773 g/mol. The third kappa shape index (κ3) is 10.7. The van der Waals surface area contributed by atoms with Crippen molar-refractivity contribution in [1.82, 2.24) is 46.9 Å². The van der Waals surface area contributed by atoms with Crippen molar-refractivity contribution in [1.29, 1.82) is 0 Å². The zero-order valence-corrected chi connectivity index (χ0v) is 30.2. The van der Waals surface area contributed by atoms with E-state index in [0.717, 1.165) is 10.9 Å². The number of benzene rings is 2. The van der Waals surface area contributed by atoms with Crippen LogP contribution in [0.15, 0.2) is 67.3 Å². The minimum atomic E-state index is -1.65. The molecule has 296 valence electrons. The Bertz CT molecular complexity index is 2050. The topological polar surface area (TPSA) is 297 Å². The molecule has 0 spiro atoms. The van der Waals surface area contributed by atoms with Crippen molar-refractivity contribution in [2.75, 3.05) is 6.61 Å². The summed E-state index contributed by atoms with van der Waals surface area (Å²) in [7, 11) is 0. The molecule has 1 saturated heterocycles. The fourth-order valence-corrected chi connectivity index (χ4v) is 6.10. The van der Waals surface area contributed by atoms with Gasteiger partial charge in [0.1, 0.15) is 42.0 Å². The number of hydrogen-bond donors (Lipinski definition) is 11. The lowest BCUT2D eigenvalue weighted by Crippen LogP contribution is -2.60. The number of carbonyl (C=O) groups is 7. The summed E-state index contributed by atoms with van der Waals surface area (Å²) < 4.78 is 0. The quantitative estimate of drug-likeness (QED) is 0.0549. The van der Waals surface area contributed by atoms with Gasteiger partial charge in [-0.2, -0.15) is 0 Å². The van der Waals surface area contributed by atoms with Gasteiger partial charge >= 0.3 is 5.97 Å². The van der Waals surface area contributed by atoms with Gasteiger partial charge in [-0.05, 0) is 42.7 Å². The van der Waals surface area contributed by atoms with E-state index in [1.807, 2.05) is 18.2 Å². The first-order chi connectivity index (χ1) is 26.8. The third-order valence-corrected chi connectivity index (χ3v) is 9.21. The molecule has 0 saturated carbocycles. The van der Waals surface area contributed by atoms with E-state index in [1.54, 1.807) is 12.3 Å². The van der Waals surface area contributed by atoms with E-state index in [-0.39, 0.29) is 43.8 Å². The molecule has 1 aliphatic heterocycles. The highest BCUT2D eigenvalue weighted by atomic mass is 16.4. The van der Waals surface area contributed by atoms with Crippen LogP contribution in [0.3, 0.4) is 0 Å². The van der Waals surface area contributed by atoms with Crippen LogP contribution in [0.25, 0.3) is 10.9 Å². The molecule has 0 bridgehead atoms. The molecule has 1 fully saturated rings. The summed E-state index contributed by atoms with van der Waals surface area (Å²) >= 11 is 0. The molecule has 5 rings (SSSR count). The first-order valence-corrected chi connectivity index (χ1v) is 17.8. The highest BCUT2D eigenvalue weighted by molar-refractivity contribution is 5.98. The minimum Gasteiger partial charge on any atom is -0.508 e. The number of para-hydroxylation sites is 1. The van der Waals surface area contributed by atoms with Gasteiger partial charge in [-0.3, -0.25) is 33.6 Å². The Morgan fingerprint density at radius 1 is 0.804 bits per heavy atom. The summed E-state index contributed by atoms with van der Waals surface area (Å²) in [4.78, 5) is 101. The van der Waals surface area contributed by atoms with Crippen LogP contribution in [-0.4, -0.2) is 115 Å². The van der Waals surface area contributed by atoms with Crippen molar-refractivity contribution in [3.05, 3.63) is 84.1 Å². The second-order valence-corrected chi connectivity index (χ2v) is 13.4. The summed E-state index contributed by atoms with van der Waals surface area (Å²) in [5.41, 5.74) is 2.34. The smallest absolute Gasteiger partial charge is 0.325 e. The number of hydrogen-bond acceptors (Lipinski definition) is 10. The molecule has 4 aromatic rings. The number of nitrogens with one attached hydrogen (secondary N) is 8. The van der Waals surface area contributed by atoms with Crippen LogP contribution in [0.2, 0.25) is 0 Å². The number of amides is 6. The summed E-state index contributed by atoms with van der Waals surface area (Å²) in [6.45, 7) is 0.298. The molecule has 1 aliphatic rings. The molecule has 11 N–H and O–H groups in total. The molecule has 19 nitrogen and oxygen atoms in total. The van der Waals surface area contributed by atoms with Crippen LogP contribution in [0.4, 0.5) is 0 Å². The van der Waals surface area contributed by atoms with Gasteiger partial charge in [0.25, 0.3) is 0 Å². The number of carboxylic acids is 1. The van der Waals surface area contributed by atoms with Crippen LogP contribution in [0.1, 0.15) is 36.6 Å². The Hall–Kier alpha value is -6.76. The number of rotatable bonds is 18. The first-order valence-electron chi connectivity index (χ1n) is 17.8. The lowest BCUT2D eigenvalue weighted by Gasteiger charge is -2.26. The van der Waals surface area contributed by atoms with Gasteiger partial charge in [0.2, 0.25) is 35.4 Å². The largest absolute Gasteiger partial charge is 0.508 e. The molecule has 6 amide bonds. The lowest BCUT2D eigenvalue weighted by molar-refractivity contribution is -0.141. The summed E-state index contributed by atoms with van der Waals surface area (Å²) in [6.07, 6.45) is 4.56. The molecular weight excluding hydrogens is 730 g/mol. The molecule has 19 heteroatoms. The lowest BCUT2D eigenvalue weighted by atomic mass is 10.0.